The molecule has 1 fully saturated rings. The summed E-state index contributed by atoms with van der Waals surface area (Å²) in [6.45, 7) is 0. The first-order valence-electron chi connectivity index (χ1n) is 6.03. The fraction of sp³-hybridized carbons (Fsp3) is 0.357. The number of benzene rings is 1. The number of pyridine rings is 1. The van der Waals surface area contributed by atoms with Crippen molar-refractivity contribution in [1.82, 2.24) is 4.98 Å². The quantitative estimate of drug-likeness (QED) is 0.822. The lowest BCUT2D eigenvalue weighted by atomic mass is 10.1. The third kappa shape index (κ3) is 1.75. The molecule has 0 atom stereocenters. The van der Waals surface area contributed by atoms with E-state index in [9.17, 15) is 0 Å². The van der Waals surface area contributed by atoms with Gasteiger partial charge in [-0.05, 0) is 12.8 Å². The average Bonchev–Trinajstić information content (AvgIpc) is 2.82. The number of aromatic nitrogens is 1. The van der Waals surface area contributed by atoms with E-state index in [1.807, 2.05) is 12.4 Å². The topological polar surface area (TPSA) is 24.9 Å². The highest BCUT2D eigenvalue weighted by Gasteiger charge is 2.15. The lowest BCUT2D eigenvalue weighted by molar-refractivity contribution is 0.756. The Kier molecular flexibility index (Phi) is 2.49. The molecule has 2 aromatic rings. The number of nitrogens with one attached hydrogen (secondary N) is 1. The zero-order valence-electron chi connectivity index (χ0n) is 9.32. The Morgan fingerprint density at radius 1 is 1.06 bits per heavy atom. The standard InChI is InChI=1S/C14H16N2/c1-4-8-13-11(5-1)9-15-10-14(13)16-12-6-2-3-7-12/h1,4-5,8-10,12,16H,2-3,6-7H2. The predicted molar refractivity (Wildman–Crippen MR) is 67.6 cm³/mol. The van der Waals surface area contributed by atoms with Crippen LogP contribution >= 0.6 is 0 Å². The van der Waals surface area contributed by atoms with Crippen LogP contribution in [0, 0.1) is 0 Å². The Balaban J connectivity index is 1.96. The van der Waals surface area contributed by atoms with Gasteiger partial charge in [0.15, 0.2) is 0 Å². The van der Waals surface area contributed by atoms with Crippen molar-refractivity contribution < 1.29 is 0 Å². The molecule has 0 amide bonds. The Bertz CT molecular complexity index is 482. The van der Waals surface area contributed by atoms with E-state index in [4.69, 9.17) is 0 Å². The van der Waals surface area contributed by atoms with E-state index in [-0.39, 0.29) is 0 Å². The van der Waals surface area contributed by atoms with Crippen molar-refractivity contribution in [3.8, 4) is 0 Å². The molecule has 0 aliphatic heterocycles. The SMILES string of the molecule is c1ccc2c(NC3CCCC3)cncc2c1. The largest absolute Gasteiger partial charge is 0.381 e. The molecule has 1 saturated carbocycles. The van der Waals surface area contributed by atoms with Gasteiger partial charge in [0.1, 0.15) is 0 Å². The molecule has 2 nitrogen and oxygen atoms in total. The van der Waals surface area contributed by atoms with Crippen LogP contribution in [-0.2, 0) is 0 Å². The minimum absolute atomic E-state index is 0.646. The molecule has 0 unspecified atom stereocenters. The van der Waals surface area contributed by atoms with E-state index in [2.05, 4.69) is 34.6 Å². The van der Waals surface area contributed by atoms with Crippen molar-refractivity contribution in [2.24, 2.45) is 0 Å². The van der Waals surface area contributed by atoms with Crippen LogP contribution in [0.2, 0.25) is 0 Å². The van der Waals surface area contributed by atoms with Crippen molar-refractivity contribution >= 4 is 16.5 Å². The summed E-state index contributed by atoms with van der Waals surface area (Å²) in [7, 11) is 0. The second kappa shape index (κ2) is 4.12. The van der Waals surface area contributed by atoms with Crippen molar-refractivity contribution in [2.75, 3.05) is 5.32 Å². The number of hydrogen-bond acceptors (Lipinski definition) is 2. The first-order chi connectivity index (χ1) is 7.93. The van der Waals surface area contributed by atoms with Crippen LogP contribution in [-0.4, -0.2) is 11.0 Å². The Morgan fingerprint density at radius 3 is 2.75 bits per heavy atom. The molecule has 0 radical (unpaired) electrons. The second-order valence-electron chi connectivity index (χ2n) is 4.53. The zero-order chi connectivity index (χ0) is 10.8. The maximum Gasteiger partial charge on any atom is 0.0608 e. The van der Waals surface area contributed by atoms with Gasteiger partial charge in [-0.15, -0.1) is 0 Å². The summed E-state index contributed by atoms with van der Waals surface area (Å²) >= 11 is 0. The van der Waals surface area contributed by atoms with E-state index in [1.165, 1.54) is 42.1 Å². The molecule has 1 heterocycles. The molecule has 82 valence electrons. The molecule has 0 bridgehead atoms. The highest BCUT2D eigenvalue weighted by Crippen LogP contribution is 2.26. The summed E-state index contributed by atoms with van der Waals surface area (Å²) in [5.41, 5.74) is 1.19. The molecule has 1 aliphatic rings. The minimum Gasteiger partial charge on any atom is -0.381 e. The average molecular weight is 212 g/mol. The van der Waals surface area contributed by atoms with E-state index < -0.39 is 0 Å². The van der Waals surface area contributed by atoms with Gasteiger partial charge in [0.2, 0.25) is 0 Å². The molecule has 0 saturated heterocycles. The van der Waals surface area contributed by atoms with Crippen LogP contribution in [0.1, 0.15) is 25.7 Å². The lowest BCUT2D eigenvalue weighted by Gasteiger charge is -2.14. The van der Waals surface area contributed by atoms with Gasteiger partial charge >= 0.3 is 0 Å². The summed E-state index contributed by atoms with van der Waals surface area (Å²) in [4.78, 5) is 4.29. The summed E-state index contributed by atoms with van der Waals surface area (Å²) in [6.07, 6.45) is 9.17. The van der Waals surface area contributed by atoms with Crippen molar-refractivity contribution in [2.45, 2.75) is 31.7 Å². The molecular formula is C14H16N2. The van der Waals surface area contributed by atoms with Gasteiger partial charge in [-0.1, -0.05) is 37.1 Å². The molecule has 3 rings (SSSR count). The summed E-state index contributed by atoms with van der Waals surface area (Å²) in [6, 6.07) is 9.06. The van der Waals surface area contributed by atoms with Gasteiger partial charge in [0, 0.05) is 23.0 Å². The normalized spacial score (nSPS) is 16.8. The summed E-state index contributed by atoms with van der Waals surface area (Å²) in [5, 5.41) is 6.12. The van der Waals surface area contributed by atoms with Crippen LogP contribution in [0.3, 0.4) is 0 Å². The third-order valence-corrected chi connectivity index (χ3v) is 3.38. The molecule has 2 heteroatoms. The summed E-state index contributed by atoms with van der Waals surface area (Å²) < 4.78 is 0. The first-order valence-corrected chi connectivity index (χ1v) is 6.03. The zero-order valence-corrected chi connectivity index (χ0v) is 9.32. The highest BCUT2D eigenvalue weighted by atomic mass is 14.9. The maximum atomic E-state index is 4.29. The van der Waals surface area contributed by atoms with Gasteiger partial charge < -0.3 is 5.32 Å². The van der Waals surface area contributed by atoms with Crippen LogP contribution in [0.15, 0.2) is 36.7 Å². The van der Waals surface area contributed by atoms with Crippen molar-refractivity contribution in [3.63, 3.8) is 0 Å². The number of hydrogen-bond donors (Lipinski definition) is 1. The fourth-order valence-corrected chi connectivity index (χ4v) is 2.52. The Morgan fingerprint density at radius 2 is 1.88 bits per heavy atom. The van der Waals surface area contributed by atoms with Gasteiger partial charge in [-0.25, -0.2) is 0 Å². The molecule has 1 aliphatic carbocycles. The molecule has 16 heavy (non-hydrogen) atoms. The number of anilines is 1. The van der Waals surface area contributed by atoms with Gasteiger partial charge in [0.25, 0.3) is 0 Å². The van der Waals surface area contributed by atoms with Crippen LogP contribution in [0.4, 0.5) is 5.69 Å². The predicted octanol–water partition coefficient (Wildman–Crippen LogP) is 3.59. The Labute approximate surface area is 95.7 Å². The highest BCUT2D eigenvalue weighted by molar-refractivity contribution is 5.92. The lowest BCUT2D eigenvalue weighted by Crippen LogP contribution is -2.14. The van der Waals surface area contributed by atoms with E-state index in [0.29, 0.717) is 6.04 Å². The smallest absolute Gasteiger partial charge is 0.0608 e. The van der Waals surface area contributed by atoms with Crippen molar-refractivity contribution in [3.05, 3.63) is 36.7 Å². The van der Waals surface area contributed by atoms with Crippen molar-refractivity contribution in [1.29, 1.82) is 0 Å². The Hall–Kier alpha value is -1.57. The summed E-state index contributed by atoms with van der Waals surface area (Å²) in [5.74, 6) is 0. The molecule has 0 spiro atoms. The first kappa shape index (κ1) is 9.64. The van der Waals surface area contributed by atoms with Crippen LogP contribution in [0.5, 0.6) is 0 Å². The van der Waals surface area contributed by atoms with Crippen LogP contribution in [0.25, 0.3) is 10.8 Å². The maximum absolute atomic E-state index is 4.29. The minimum atomic E-state index is 0.646. The van der Waals surface area contributed by atoms with Gasteiger partial charge in [0.05, 0.1) is 11.9 Å². The van der Waals surface area contributed by atoms with Gasteiger partial charge in [-0.3, -0.25) is 4.98 Å². The van der Waals surface area contributed by atoms with E-state index >= 15 is 0 Å². The third-order valence-electron chi connectivity index (χ3n) is 3.38. The van der Waals surface area contributed by atoms with Gasteiger partial charge in [-0.2, -0.15) is 0 Å². The fourth-order valence-electron chi connectivity index (χ4n) is 2.52. The molecule has 1 N–H and O–H groups in total. The van der Waals surface area contributed by atoms with E-state index in [1.54, 1.807) is 0 Å². The molecular weight excluding hydrogens is 196 g/mol. The number of nitrogens with zero attached hydrogens (tertiary/aromatic N) is 1. The second-order valence-corrected chi connectivity index (χ2v) is 4.53. The molecule has 1 aromatic carbocycles. The molecule has 1 aromatic heterocycles. The van der Waals surface area contributed by atoms with Crippen LogP contribution < -0.4 is 5.32 Å². The number of rotatable bonds is 2. The number of fused-ring (bicyclic) bond motifs is 1. The monoisotopic (exact) mass is 212 g/mol. The van der Waals surface area contributed by atoms with E-state index in [0.717, 1.165) is 0 Å².